The lowest BCUT2D eigenvalue weighted by molar-refractivity contribution is 0.0544. The molecule has 1 aliphatic heterocycles. The molecule has 0 aliphatic carbocycles. The summed E-state index contributed by atoms with van der Waals surface area (Å²) < 4.78 is 5.49. The minimum Gasteiger partial charge on any atom is -0.381 e. The third kappa shape index (κ3) is 4.16. The summed E-state index contributed by atoms with van der Waals surface area (Å²) in [6.45, 7) is 4.18. The first kappa shape index (κ1) is 15.2. The van der Waals surface area contributed by atoms with E-state index in [0.717, 1.165) is 25.6 Å². The van der Waals surface area contributed by atoms with E-state index in [9.17, 15) is 0 Å². The van der Waals surface area contributed by atoms with Gasteiger partial charge in [0.05, 0.1) is 0 Å². The van der Waals surface area contributed by atoms with Crippen LogP contribution in [0.15, 0.2) is 35.0 Å². The number of rotatable bonds is 6. The van der Waals surface area contributed by atoms with Gasteiger partial charge in [0.2, 0.25) is 0 Å². The van der Waals surface area contributed by atoms with Crippen LogP contribution in [-0.2, 0) is 11.2 Å². The van der Waals surface area contributed by atoms with E-state index < -0.39 is 0 Å². The summed E-state index contributed by atoms with van der Waals surface area (Å²) in [6.07, 6.45) is 3.46. The van der Waals surface area contributed by atoms with E-state index in [2.05, 4.69) is 47.3 Å². The Morgan fingerprint density at radius 2 is 1.95 bits per heavy atom. The van der Waals surface area contributed by atoms with Crippen LogP contribution in [0.5, 0.6) is 0 Å². The lowest BCUT2D eigenvalue weighted by Gasteiger charge is -2.31. The van der Waals surface area contributed by atoms with Gasteiger partial charge in [-0.1, -0.05) is 12.1 Å². The number of ether oxygens (including phenoxy) is 1. The molecule has 114 valence electrons. The fourth-order valence-electron chi connectivity index (χ4n) is 3.03. The molecule has 0 radical (unpaired) electrons. The Morgan fingerprint density at radius 1 is 1.19 bits per heavy atom. The monoisotopic (exact) mass is 321 g/mol. The molecule has 2 nitrogen and oxygen atoms in total. The predicted octanol–water partition coefficient (Wildman–Crippen LogP) is 4.50. The van der Waals surface area contributed by atoms with Gasteiger partial charge in [-0.2, -0.15) is 0 Å². The smallest absolute Gasteiger partial charge is 0.0469 e. The molecule has 21 heavy (non-hydrogen) atoms. The van der Waals surface area contributed by atoms with Crippen LogP contribution in [0.3, 0.4) is 0 Å². The zero-order chi connectivity index (χ0) is 14.5. The van der Waals surface area contributed by atoms with Gasteiger partial charge in [0.25, 0.3) is 0 Å². The quantitative estimate of drug-likeness (QED) is 0.846. The van der Waals surface area contributed by atoms with Crippen molar-refractivity contribution in [1.29, 1.82) is 0 Å². The minimum absolute atomic E-state index is 0.432. The first-order valence-corrected chi connectivity index (χ1v) is 9.48. The first-order chi connectivity index (χ1) is 10.3. The van der Waals surface area contributed by atoms with E-state index in [1.165, 1.54) is 22.6 Å². The Hall–Kier alpha value is -0.680. The van der Waals surface area contributed by atoms with Crippen molar-refractivity contribution < 1.29 is 4.74 Å². The molecular weight excluding hydrogens is 298 g/mol. The van der Waals surface area contributed by atoms with Crippen molar-refractivity contribution in [2.45, 2.75) is 38.3 Å². The summed E-state index contributed by atoms with van der Waals surface area (Å²) >= 11 is 3.71. The van der Waals surface area contributed by atoms with Crippen molar-refractivity contribution >= 4 is 22.7 Å². The minimum atomic E-state index is 0.432. The van der Waals surface area contributed by atoms with Crippen molar-refractivity contribution in [3.63, 3.8) is 0 Å². The Morgan fingerprint density at radius 3 is 2.62 bits per heavy atom. The van der Waals surface area contributed by atoms with Crippen molar-refractivity contribution in [3.05, 3.63) is 44.8 Å². The molecule has 4 heteroatoms. The largest absolute Gasteiger partial charge is 0.381 e. The van der Waals surface area contributed by atoms with Gasteiger partial charge in [-0.3, -0.25) is 0 Å². The average molecular weight is 322 g/mol. The van der Waals surface area contributed by atoms with Crippen LogP contribution >= 0.6 is 22.7 Å². The standard InChI is InChI=1S/C17H23NOS2/c1-13(14-6-8-19-9-7-14)18-16(17-5-3-11-21-17)12-15-4-2-10-20-15/h2-5,10-11,13-14,16,18H,6-9,12H2,1H3. The van der Waals surface area contributed by atoms with Crippen molar-refractivity contribution in [3.8, 4) is 0 Å². The highest BCUT2D eigenvalue weighted by Gasteiger charge is 2.24. The number of hydrogen-bond donors (Lipinski definition) is 1. The van der Waals surface area contributed by atoms with Gasteiger partial charge in [-0.25, -0.2) is 0 Å². The highest BCUT2D eigenvalue weighted by molar-refractivity contribution is 7.10. The first-order valence-electron chi connectivity index (χ1n) is 7.72. The fourth-order valence-corrected chi connectivity index (χ4v) is 4.57. The highest BCUT2D eigenvalue weighted by Crippen LogP contribution is 2.27. The van der Waals surface area contributed by atoms with Crippen LogP contribution in [-0.4, -0.2) is 19.3 Å². The van der Waals surface area contributed by atoms with E-state index in [1.807, 2.05) is 22.7 Å². The normalized spacial score (nSPS) is 19.5. The maximum absolute atomic E-state index is 5.49. The Bertz CT molecular complexity index is 503. The molecule has 1 saturated heterocycles. The maximum atomic E-state index is 5.49. The van der Waals surface area contributed by atoms with Gasteiger partial charge < -0.3 is 10.1 Å². The number of thiophene rings is 2. The van der Waals surface area contributed by atoms with E-state index >= 15 is 0 Å². The number of hydrogen-bond acceptors (Lipinski definition) is 4. The van der Waals surface area contributed by atoms with Crippen LogP contribution in [0.2, 0.25) is 0 Å². The molecular formula is C17H23NOS2. The lowest BCUT2D eigenvalue weighted by Crippen LogP contribution is -2.39. The van der Waals surface area contributed by atoms with Gasteiger partial charge in [0, 0.05) is 41.5 Å². The highest BCUT2D eigenvalue weighted by atomic mass is 32.1. The molecule has 3 heterocycles. The molecule has 2 aromatic rings. The topological polar surface area (TPSA) is 21.3 Å². The van der Waals surface area contributed by atoms with Gasteiger partial charge in [0.15, 0.2) is 0 Å². The summed E-state index contributed by atoms with van der Waals surface area (Å²) in [5.41, 5.74) is 0. The predicted molar refractivity (Wildman–Crippen MR) is 91.2 cm³/mol. The Balaban J connectivity index is 1.66. The number of nitrogens with one attached hydrogen (secondary N) is 1. The molecule has 2 atom stereocenters. The lowest BCUT2D eigenvalue weighted by atomic mass is 9.92. The van der Waals surface area contributed by atoms with Crippen LogP contribution in [0, 0.1) is 5.92 Å². The molecule has 1 fully saturated rings. The molecule has 3 rings (SSSR count). The SMILES string of the molecule is CC(NC(Cc1cccs1)c1cccs1)C1CCOCC1. The van der Waals surface area contributed by atoms with Gasteiger partial charge in [-0.15, -0.1) is 22.7 Å². The van der Waals surface area contributed by atoms with Gasteiger partial charge in [-0.05, 0) is 48.6 Å². The van der Waals surface area contributed by atoms with Crippen LogP contribution in [0.25, 0.3) is 0 Å². The molecule has 0 aromatic carbocycles. The summed E-state index contributed by atoms with van der Waals surface area (Å²) in [5, 5.41) is 8.24. The van der Waals surface area contributed by atoms with E-state index in [1.54, 1.807) is 0 Å². The van der Waals surface area contributed by atoms with Crippen molar-refractivity contribution in [1.82, 2.24) is 5.32 Å². The molecule has 0 bridgehead atoms. The zero-order valence-corrected chi connectivity index (χ0v) is 14.1. The summed E-state index contributed by atoms with van der Waals surface area (Å²) in [4.78, 5) is 2.90. The van der Waals surface area contributed by atoms with Crippen LogP contribution < -0.4 is 5.32 Å². The molecule has 1 N–H and O–H groups in total. The summed E-state index contributed by atoms with van der Waals surface area (Å²) in [7, 11) is 0. The van der Waals surface area contributed by atoms with Gasteiger partial charge in [0.1, 0.15) is 0 Å². The second kappa shape index (κ2) is 7.54. The fraction of sp³-hybridized carbons (Fsp3) is 0.529. The second-order valence-electron chi connectivity index (χ2n) is 5.76. The molecule has 2 aromatic heterocycles. The Kier molecular flexibility index (Phi) is 5.47. The summed E-state index contributed by atoms with van der Waals surface area (Å²) in [5.74, 6) is 0.740. The van der Waals surface area contributed by atoms with Crippen LogP contribution in [0.4, 0.5) is 0 Å². The average Bonchev–Trinajstić information content (AvgIpc) is 3.21. The molecule has 2 unspecified atom stereocenters. The Labute approximate surface area is 135 Å². The third-order valence-electron chi connectivity index (χ3n) is 4.31. The molecule has 1 aliphatic rings. The zero-order valence-electron chi connectivity index (χ0n) is 12.5. The molecule has 0 spiro atoms. The second-order valence-corrected chi connectivity index (χ2v) is 7.77. The van der Waals surface area contributed by atoms with E-state index in [4.69, 9.17) is 4.74 Å². The van der Waals surface area contributed by atoms with E-state index in [0.29, 0.717) is 12.1 Å². The molecule has 0 amide bonds. The van der Waals surface area contributed by atoms with E-state index in [-0.39, 0.29) is 0 Å². The third-order valence-corrected chi connectivity index (χ3v) is 6.19. The van der Waals surface area contributed by atoms with Gasteiger partial charge >= 0.3 is 0 Å². The molecule has 0 saturated carbocycles. The van der Waals surface area contributed by atoms with Crippen LogP contribution in [0.1, 0.15) is 35.6 Å². The van der Waals surface area contributed by atoms with Crippen molar-refractivity contribution in [2.24, 2.45) is 5.92 Å². The maximum Gasteiger partial charge on any atom is 0.0469 e. The van der Waals surface area contributed by atoms with Crippen molar-refractivity contribution in [2.75, 3.05) is 13.2 Å². The summed E-state index contributed by atoms with van der Waals surface area (Å²) in [6, 6.07) is 9.77.